The predicted octanol–water partition coefficient (Wildman–Crippen LogP) is 2.29. The Kier molecular flexibility index (Phi) is 3.74. The molecular weight excluding hydrogens is 270 g/mol. The highest BCUT2D eigenvalue weighted by molar-refractivity contribution is 8.01. The summed E-state index contributed by atoms with van der Waals surface area (Å²) in [7, 11) is 0. The fourth-order valence-electron chi connectivity index (χ4n) is 2.49. The molecule has 0 bridgehead atoms. The van der Waals surface area contributed by atoms with E-state index in [2.05, 4.69) is 10.2 Å². The summed E-state index contributed by atoms with van der Waals surface area (Å²) in [6, 6.07) is 0. The lowest BCUT2D eigenvalue weighted by Gasteiger charge is -2.31. The van der Waals surface area contributed by atoms with E-state index in [0.29, 0.717) is 11.7 Å². The number of nitrogens with zero attached hydrogens (tertiary/aromatic N) is 2. The lowest BCUT2D eigenvalue weighted by atomic mass is 9.94. The molecule has 5 nitrogen and oxygen atoms in total. The minimum Gasteiger partial charge on any atom is -0.374 e. The Balaban J connectivity index is 1.50. The van der Waals surface area contributed by atoms with E-state index in [1.54, 1.807) is 11.8 Å². The SMILES string of the molecule is Nc1nnc(SCC2COC3(CCCCC3)O2)s1. The zero-order valence-corrected chi connectivity index (χ0v) is 11.8. The van der Waals surface area contributed by atoms with Crippen LogP contribution in [-0.2, 0) is 9.47 Å². The van der Waals surface area contributed by atoms with Crippen LogP contribution in [0.25, 0.3) is 0 Å². The molecular formula is C11H17N3O2S2. The number of anilines is 1. The van der Waals surface area contributed by atoms with Gasteiger partial charge in [-0.1, -0.05) is 29.5 Å². The van der Waals surface area contributed by atoms with Crippen LogP contribution in [0.5, 0.6) is 0 Å². The van der Waals surface area contributed by atoms with Crippen LogP contribution in [0.2, 0.25) is 0 Å². The van der Waals surface area contributed by atoms with E-state index >= 15 is 0 Å². The first-order valence-electron chi connectivity index (χ1n) is 6.29. The van der Waals surface area contributed by atoms with Crippen molar-refractivity contribution >= 4 is 28.2 Å². The number of nitrogens with two attached hydrogens (primary N) is 1. The second kappa shape index (κ2) is 5.32. The first-order chi connectivity index (χ1) is 8.76. The minimum absolute atomic E-state index is 0.165. The fourth-order valence-corrected chi connectivity index (χ4v) is 4.12. The molecule has 0 aromatic carbocycles. The van der Waals surface area contributed by atoms with Gasteiger partial charge in [0.25, 0.3) is 0 Å². The molecule has 2 N–H and O–H groups in total. The van der Waals surface area contributed by atoms with Gasteiger partial charge in [0, 0.05) is 18.6 Å². The van der Waals surface area contributed by atoms with Crippen molar-refractivity contribution in [2.24, 2.45) is 0 Å². The molecule has 1 aliphatic heterocycles. The van der Waals surface area contributed by atoms with Crippen molar-refractivity contribution in [2.45, 2.75) is 48.3 Å². The monoisotopic (exact) mass is 287 g/mol. The number of nitrogen functional groups attached to an aromatic ring is 1. The van der Waals surface area contributed by atoms with Crippen molar-refractivity contribution in [3.8, 4) is 0 Å². The highest BCUT2D eigenvalue weighted by Gasteiger charge is 2.42. The zero-order chi connectivity index (χ0) is 12.4. The van der Waals surface area contributed by atoms with Crippen LogP contribution in [0.1, 0.15) is 32.1 Å². The summed E-state index contributed by atoms with van der Waals surface area (Å²) in [6.07, 6.45) is 5.98. The van der Waals surface area contributed by atoms with Gasteiger partial charge in [0.15, 0.2) is 10.1 Å². The molecule has 0 radical (unpaired) electrons. The number of rotatable bonds is 3. The topological polar surface area (TPSA) is 70.3 Å². The average Bonchev–Trinajstić information content (AvgIpc) is 2.96. The smallest absolute Gasteiger partial charge is 0.203 e. The van der Waals surface area contributed by atoms with Crippen LogP contribution in [0.4, 0.5) is 5.13 Å². The summed E-state index contributed by atoms with van der Waals surface area (Å²) >= 11 is 3.07. The molecule has 1 aliphatic carbocycles. The quantitative estimate of drug-likeness (QED) is 0.860. The molecule has 0 amide bonds. The molecule has 2 aliphatic rings. The lowest BCUT2D eigenvalue weighted by Crippen LogP contribution is -2.33. The molecule has 100 valence electrons. The molecule has 1 saturated carbocycles. The van der Waals surface area contributed by atoms with Crippen molar-refractivity contribution < 1.29 is 9.47 Å². The molecule has 7 heteroatoms. The maximum Gasteiger partial charge on any atom is 0.203 e. The molecule has 18 heavy (non-hydrogen) atoms. The van der Waals surface area contributed by atoms with Gasteiger partial charge in [-0.05, 0) is 12.8 Å². The summed E-state index contributed by atoms with van der Waals surface area (Å²) in [5.41, 5.74) is 5.55. The Morgan fingerprint density at radius 3 is 2.89 bits per heavy atom. The standard InChI is InChI=1S/C11H17N3O2S2/c12-9-13-14-10(18-9)17-7-8-6-15-11(16-8)4-2-1-3-5-11/h8H,1-7H2,(H2,12,13). The number of hydrogen-bond acceptors (Lipinski definition) is 7. The normalized spacial score (nSPS) is 26.8. The summed E-state index contributed by atoms with van der Waals surface area (Å²) < 4.78 is 12.9. The molecule has 3 rings (SSSR count). The van der Waals surface area contributed by atoms with Gasteiger partial charge in [0.2, 0.25) is 5.13 Å². The van der Waals surface area contributed by atoms with Crippen LogP contribution < -0.4 is 5.73 Å². The summed E-state index contributed by atoms with van der Waals surface area (Å²) in [4.78, 5) is 0. The van der Waals surface area contributed by atoms with Crippen LogP contribution in [0, 0.1) is 0 Å². The van der Waals surface area contributed by atoms with Crippen LogP contribution in [0.15, 0.2) is 4.34 Å². The van der Waals surface area contributed by atoms with Crippen LogP contribution in [0.3, 0.4) is 0 Å². The third kappa shape index (κ3) is 2.79. The first-order valence-corrected chi connectivity index (χ1v) is 8.10. The highest BCUT2D eigenvalue weighted by Crippen LogP contribution is 2.39. The molecule has 1 aromatic rings. The van der Waals surface area contributed by atoms with Gasteiger partial charge in [-0.3, -0.25) is 0 Å². The molecule has 1 atom stereocenters. The Hall–Kier alpha value is -0.370. The van der Waals surface area contributed by atoms with E-state index in [1.165, 1.54) is 30.6 Å². The van der Waals surface area contributed by atoms with Crippen LogP contribution in [-0.4, -0.2) is 34.4 Å². The van der Waals surface area contributed by atoms with Crippen molar-refractivity contribution in [3.05, 3.63) is 0 Å². The molecule has 1 unspecified atom stereocenters. The maximum atomic E-state index is 6.10. The molecule has 1 saturated heterocycles. The first kappa shape index (κ1) is 12.7. The summed E-state index contributed by atoms with van der Waals surface area (Å²) in [5, 5.41) is 8.31. The Morgan fingerprint density at radius 2 is 2.17 bits per heavy atom. The highest BCUT2D eigenvalue weighted by atomic mass is 32.2. The molecule has 1 aromatic heterocycles. The Morgan fingerprint density at radius 1 is 1.33 bits per heavy atom. The van der Waals surface area contributed by atoms with Crippen molar-refractivity contribution in [1.82, 2.24) is 10.2 Å². The number of aromatic nitrogens is 2. The second-order valence-electron chi connectivity index (χ2n) is 4.74. The maximum absolute atomic E-state index is 6.10. The Bertz CT molecular complexity index is 407. The largest absolute Gasteiger partial charge is 0.374 e. The number of hydrogen-bond donors (Lipinski definition) is 1. The van der Waals surface area contributed by atoms with E-state index < -0.39 is 0 Å². The average molecular weight is 287 g/mol. The molecule has 2 fully saturated rings. The number of ether oxygens (including phenoxy) is 2. The van der Waals surface area contributed by atoms with Gasteiger partial charge >= 0.3 is 0 Å². The fraction of sp³-hybridized carbons (Fsp3) is 0.818. The third-order valence-corrected chi connectivity index (χ3v) is 5.36. The predicted molar refractivity (Wildman–Crippen MR) is 71.7 cm³/mol. The van der Waals surface area contributed by atoms with E-state index in [-0.39, 0.29) is 11.9 Å². The second-order valence-corrected chi connectivity index (χ2v) is 7.02. The van der Waals surface area contributed by atoms with E-state index in [9.17, 15) is 0 Å². The Labute approximate surface area is 114 Å². The van der Waals surface area contributed by atoms with Crippen molar-refractivity contribution in [2.75, 3.05) is 18.1 Å². The van der Waals surface area contributed by atoms with Crippen LogP contribution >= 0.6 is 23.1 Å². The molecule has 1 spiro atoms. The van der Waals surface area contributed by atoms with Gasteiger partial charge in [-0.2, -0.15) is 0 Å². The van der Waals surface area contributed by atoms with Gasteiger partial charge in [0.05, 0.1) is 12.7 Å². The molecule has 2 heterocycles. The van der Waals surface area contributed by atoms with E-state index in [0.717, 1.165) is 22.9 Å². The third-order valence-electron chi connectivity index (χ3n) is 3.34. The summed E-state index contributed by atoms with van der Waals surface area (Å²) in [6.45, 7) is 0.696. The minimum atomic E-state index is -0.274. The van der Waals surface area contributed by atoms with Gasteiger partial charge in [-0.25, -0.2) is 0 Å². The number of thioether (sulfide) groups is 1. The van der Waals surface area contributed by atoms with Crippen molar-refractivity contribution in [1.29, 1.82) is 0 Å². The van der Waals surface area contributed by atoms with E-state index in [1.807, 2.05) is 0 Å². The van der Waals surface area contributed by atoms with Gasteiger partial charge < -0.3 is 15.2 Å². The lowest BCUT2D eigenvalue weighted by molar-refractivity contribution is -0.184. The van der Waals surface area contributed by atoms with E-state index in [4.69, 9.17) is 15.2 Å². The van der Waals surface area contributed by atoms with Gasteiger partial charge in [0.1, 0.15) is 0 Å². The summed E-state index contributed by atoms with van der Waals surface area (Å²) in [5.74, 6) is 0.583. The zero-order valence-electron chi connectivity index (χ0n) is 10.1. The van der Waals surface area contributed by atoms with Crippen molar-refractivity contribution in [3.63, 3.8) is 0 Å². The van der Waals surface area contributed by atoms with Gasteiger partial charge in [-0.15, -0.1) is 10.2 Å².